The third-order valence-electron chi connectivity index (χ3n) is 13.4. The maximum absolute atomic E-state index is 12.7. The minimum Gasteiger partial charge on any atom is -0.545 e. The maximum Gasteiger partial charge on any atom is 0.306 e. The van der Waals surface area contributed by atoms with Crippen LogP contribution in [0.15, 0.2) is 36.5 Å². The second-order valence-corrected chi connectivity index (χ2v) is 21.6. The molecule has 0 bridgehead atoms. The molecule has 0 radical (unpaired) electrons. The topological polar surface area (TPSA) is 111 Å². The van der Waals surface area contributed by atoms with Crippen molar-refractivity contribution in [3.05, 3.63) is 36.5 Å². The zero-order chi connectivity index (χ0) is 52.0. The Labute approximate surface area is 439 Å². The Morgan fingerprint density at radius 1 is 0.423 bits per heavy atom. The normalized spacial score (nSPS) is 13.0. The third-order valence-corrected chi connectivity index (χ3v) is 13.4. The zero-order valence-electron chi connectivity index (χ0n) is 47.4. The molecule has 9 nitrogen and oxygen atoms in total. The van der Waals surface area contributed by atoms with Crippen LogP contribution in [-0.2, 0) is 33.3 Å². The van der Waals surface area contributed by atoms with Gasteiger partial charge in [-0.2, -0.15) is 0 Å². The molecule has 0 aliphatic rings. The molecule has 0 aromatic rings. The summed E-state index contributed by atoms with van der Waals surface area (Å²) in [6.45, 7) is 4.66. The molecule has 0 amide bonds. The summed E-state index contributed by atoms with van der Waals surface area (Å²) in [5, 5.41) is 11.7. The molecule has 0 aliphatic carbocycles. The molecule has 0 aromatic carbocycles. The van der Waals surface area contributed by atoms with Crippen molar-refractivity contribution in [2.24, 2.45) is 0 Å². The number of likely N-dealkylation sites (N-methyl/N-ethyl adjacent to an activating group) is 1. The van der Waals surface area contributed by atoms with Crippen molar-refractivity contribution >= 4 is 17.9 Å². The van der Waals surface area contributed by atoms with Gasteiger partial charge in [-0.3, -0.25) is 9.59 Å². The average molecular weight is 1000 g/mol. The lowest BCUT2D eigenvalue weighted by molar-refractivity contribution is -0.870. The highest BCUT2D eigenvalue weighted by Crippen LogP contribution is 2.17. The summed E-state index contributed by atoms with van der Waals surface area (Å²) >= 11 is 0. The van der Waals surface area contributed by atoms with Crippen LogP contribution in [0.4, 0.5) is 0 Å². The van der Waals surface area contributed by atoms with Gasteiger partial charge in [-0.1, -0.05) is 256 Å². The predicted octanol–water partition coefficient (Wildman–Crippen LogP) is 16.3. The first-order chi connectivity index (χ1) is 34.6. The van der Waals surface area contributed by atoms with Gasteiger partial charge in [0.1, 0.15) is 13.2 Å². The molecule has 0 heterocycles. The molecule has 0 spiro atoms. The molecule has 71 heavy (non-hydrogen) atoms. The lowest BCUT2D eigenvalue weighted by Crippen LogP contribution is -2.44. The monoisotopic (exact) mass is 1000 g/mol. The van der Waals surface area contributed by atoms with E-state index >= 15 is 0 Å². The summed E-state index contributed by atoms with van der Waals surface area (Å²) < 4.78 is 22.5. The Morgan fingerprint density at radius 2 is 0.761 bits per heavy atom. The Hall–Kier alpha value is -2.49. The largest absolute Gasteiger partial charge is 0.545 e. The predicted molar refractivity (Wildman–Crippen MR) is 297 cm³/mol. The highest BCUT2D eigenvalue weighted by atomic mass is 16.7. The molecule has 0 saturated heterocycles. The average Bonchev–Trinajstić information content (AvgIpc) is 3.34. The molecule has 2 atom stereocenters. The standard InChI is InChI=1S/C62H115NO8/c1-6-8-10-12-13-14-15-16-17-18-19-20-21-22-23-24-25-26-27-28-29-30-31-32-33-34-35-36-37-38-39-40-41-42-43-44-45-46-47-49-51-53-60(65)71-58(56-69-59(64)52-50-48-11-9-7-2)57-70-62(61(66)67)68-55-54-63(3,4)5/h15-16,18-19,21-22,58,62H,6-14,17,20,23-57H2,1-5H3/b16-15-,19-18-,22-21-. The highest BCUT2D eigenvalue weighted by molar-refractivity contribution is 5.70. The summed E-state index contributed by atoms with van der Waals surface area (Å²) in [4.78, 5) is 36.8. The molecule has 0 aliphatic heterocycles. The number of hydrogen-bond donors (Lipinski definition) is 0. The second kappa shape index (κ2) is 53.8. The fraction of sp³-hybridized carbons (Fsp3) is 0.855. The van der Waals surface area contributed by atoms with Crippen molar-refractivity contribution in [3.8, 4) is 0 Å². The van der Waals surface area contributed by atoms with Crippen molar-refractivity contribution in [1.29, 1.82) is 0 Å². The van der Waals surface area contributed by atoms with E-state index in [9.17, 15) is 19.5 Å². The van der Waals surface area contributed by atoms with E-state index in [-0.39, 0.29) is 32.2 Å². The second-order valence-electron chi connectivity index (χ2n) is 21.6. The van der Waals surface area contributed by atoms with Crippen LogP contribution in [0.5, 0.6) is 0 Å². The van der Waals surface area contributed by atoms with Gasteiger partial charge in [-0.25, -0.2) is 0 Å². The van der Waals surface area contributed by atoms with Gasteiger partial charge in [0.2, 0.25) is 0 Å². The summed E-state index contributed by atoms with van der Waals surface area (Å²) in [7, 11) is 5.91. The van der Waals surface area contributed by atoms with Crippen LogP contribution in [0.2, 0.25) is 0 Å². The van der Waals surface area contributed by atoms with Gasteiger partial charge in [-0.15, -0.1) is 0 Å². The lowest BCUT2D eigenvalue weighted by Gasteiger charge is -2.26. The number of carboxylic acid groups (broad SMARTS) is 1. The number of allylic oxidation sites excluding steroid dienone is 6. The van der Waals surface area contributed by atoms with E-state index in [0.29, 0.717) is 17.4 Å². The molecule has 416 valence electrons. The molecule has 0 fully saturated rings. The number of rotatable bonds is 56. The van der Waals surface area contributed by atoms with Gasteiger partial charge < -0.3 is 33.3 Å². The number of carbonyl (C=O) groups excluding carboxylic acids is 3. The first-order valence-electron chi connectivity index (χ1n) is 30.1. The molecule has 0 aromatic heterocycles. The van der Waals surface area contributed by atoms with Crippen molar-refractivity contribution in [1.82, 2.24) is 0 Å². The fourth-order valence-corrected chi connectivity index (χ4v) is 8.72. The van der Waals surface area contributed by atoms with Crippen LogP contribution in [0.3, 0.4) is 0 Å². The number of aliphatic carboxylic acids is 1. The van der Waals surface area contributed by atoms with E-state index in [4.69, 9.17) is 18.9 Å². The van der Waals surface area contributed by atoms with Gasteiger partial charge in [-0.05, 0) is 51.4 Å². The Balaban J connectivity index is 3.74. The first-order valence-corrected chi connectivity index (χ1v) is 30.1. The van der Waals surface area contributed by atoms with Crippen LogP contribution >= 0.6 is 0 Å². The molecule has 0 N–H and O–H groups in total. The van der Waals surface area contributed by atoms with Crippen molar-refractivity contribution in [2.75, 3.05) is 47.5 Å². The first kappa shape index (κ1) is 68.5. The minimum atomic E-state index is -1.61. The summed E-state index contributed by atoms with van der Waals surface area (Å²) in [6, 6.07) is 0. The van der Waals surface area contributed by atoms with E-state index in [1.54, 1.807) is 0 Å². The van der Waals surface area contributed by atoms with Crippen molar-refractivity contribution < 1.29 is 42.9 Å². The SMILES string of the molecule is CCCCCCC/C=C\C/C=C\C/C=C\CCCCCCCCCCCCCCCCCCCCCCCCCCCCC(=O)OC(COC(=O)CCCCCCC)COC(OCC[N+](C)(C)C)C(=O)[O-]. The Bertz CT molecular complexity index is 1260. The smallest absolute Gasteiger partial charge is 0.306 e. The number of nitrogens with zero attached hydrogens (tertiary/aromatic N) is 1. The highest BCUT2D eigenvalue weighted by Gasteiger charge is 2.22. The molecule has 0 rings (SSSR count). The third kappa shape index (κ3) is 55.1. The van der Waals surface area contributed by atoms with Gasteiger partial charge >= 0.3 is 11.9 Å². The van der Waals surface area contributed by atoms with Crippen LogP contribution in [0.1, 0.15) is 284 Å². The molecule has 2 unspecified atom stereocenters. The van der Waals surface area contributed by atoms with Crippen molar-refractivity contribution in [2.45, 2.75) is 296 Å². The summed E-state index contributed by atoms with van der Waals surface area (Å²) in [6.07, 6.45) is 63.0. The molecule has 9 heteroatoms. The van der Waals surface area contributed by atoms with Crippen LogP contribution in [-0.4, -0.2) is 82.3 Å². The zero-order valence-corrected chi connectivity index (χ0v) is 47.4. The van der Waals surface area contributed by atoms with Gasteiger partial charge in [0.05, 0.1) is 40.3 Å². The number of ether oxygens (including phenoxy) is 4. The molecular formula is C62H115NO8. The van der Waals surface area contributed by atoms with E-state index in [2.05, 4.69) is 50.3 Å². The number of quaternary nitrogens is 1. The fourth-order valence-electron chi connectivity index (χ4n) is 8.72. The van der Waals surface area contributed by atoms with Gasteiger partial charge in [0.15, 0.2) is 12.4 Å². The minimum absolute atomic E-state index is 0.150. The number of carbonyl (C=O) groups is 3. The molecule has 0 saturated carbocycles. The van der Waals surface area contributed by atoms with Crippen LogP contribution < -0.4 is 5.11 Å². The Kier molecular flexibility index (Phi) is 51.9. The lowest BCUT2D eigenvalue weighted by atomic mass is 10.0. The van der Waals surface area contributed by atoms with E-state index in [1.165, 1.54) is 193 Å². The number of hydrogen-bond acceptors (Lipinski definition) is 8. The van der Waals surface area contributed by atoms with Crippen LogP contribution in [0.25, 0.3) is 0 Å². The molecular weight excluding hydrogens is 887 g/mol. The van der Waals surface area contributed by atoms with Crippen molar-refractivity contribution in [3.63, 3.8) is 0 Å². The maximum atomic E-state index is 12.7. The van der Waals surface area contributed by atoms with Crippen LogP contribution in [0, 0.1) is 0 Å². The number of carboxylic acids is 1. The summed E-state index contributed by atoms with van der Waals surface area (Å²) in [5.41, 5.74) is 0. The summed E-state index contributed by atoms with van der Waals surface area (Å²) in [5.74, 6) is -2.28. The van der Waals surface area contributed by atoms with Gasteiger partial charge in [0.25, 0.3) is 0 Å². The van der Waals surface area contributed by atoms with E-state index in [1.807, 2.05) is 21.1 Å². The number of unbranched alkanes of at least 4 members (excludes halogenated alkanes) is 35. The number of esters is 2. The van der Waals surface area contributed by atoms with Gasteiger partial charge in [0, 0.05) is 12.8 Å². The van der Waals surface area contributed by atoms with E-state index < -0.39 is 24.3 Å². The quantitative estimate of drug-likeness (QED) is 0.0195. The van der Waals surface area contributed by atoms with E-state index in [0.717, 1.165) is 64.2 Å². The Morgan fingerprint density at radius 3 is 1.13 bits per heavy atom.